The highest BCUT2D eigenvalue weighted by molar-refractivity contribution is 9.10. The molecule has 0 aromatic heterocycles. The highest BCUT2D eigenvalue weighted by atomic mass is 79.9. The second-order valence-corrected chi connectivity index (χ2v) is 9.91. The molecule has 0 atom stereocenters. The fourth-order valence-electron chi connectivity index (χ4n) is 3.75. The van der Waals surface area contributed by atoms with Gasteiger partial charge in [-0.3, -0.25) is 14.9 Å². The molecule has 36 heavy (non-hydrogen) atoms. The SMILES string of the molecule is COc1cc(/C=C2\C(=O)NC(=O)N(c3ccc(Br)c(C)c3)C2=O)cc(Br)c1OCc1cccc(C)c1. The molecule has 0 saturated carbocycles. The molecule has 1 N–H and O–H groups in total. The van der Waals surface area contributed by atoms with Crippen LogP contribution in [-0.4, -0.2) is 25.0 Å². The van der Waals surface area contributed by atoms with Crippen molar-refractivity contribution in [2.24, 2.45) is 0 Å². The van der Waals surface area contributed by atoms with E-state index in [1.54, 1.807) is 30.3 Å². The minimum absolute atomic E-state index is 0.183. The topological polar surface area (TPSA) is 84.9 Å². The minimum atomic E-state index is -0.803. The molecular weight excluding hydrogens is 592 g/mol. The molecule has 0 spiro atoms. The Kier molecular flexibility index (Phi) is 7.61. The summed E-state index contributed by atoms with van der Waals surface area (Å²) in [6.07, 6.45) is 1.42. The van der Waals surface area contributed by atoms with Crippen molar-refractivity contribution < 1.29 is 23.9 Å². The third-order valence-electron chi connectivity index (χ3n) is 5.53. The summed E-state index contributed by atoms with van der Waals surface area (Å²) in [5, 5.41) is 2.24. The van der Waals surface area contributed by atoms with E-state index in [-0.39, 0.29) is 5.57 Å². The van der Waals surface area contributed by atoms with Crippen molar-refractivity contribution in [1.29, 1.82) is 0 Å². The number of hydrogen-bond donors (Lipinski definition) is 1. The van der Waals surface area contributed by atoms with Gasteiger partial charge in [-0.15, -0.1) is 0 Å². The maximum absolute atomic E-state index is 13.2. The van der Waals surface area contributed by atoms with E-state index in [0.29, 0.717) is 33.8 Å². The number of aryl methyl sites for hydroxylation is 2. The Morgan fingerprint density at radius 3 is 2.44 bits per heavy atom. The fraction of sp³-hybridized carbons (Fsp3) is 0.148. The van der Waals surface area contributed by atoms with Gasteiger partial charge in [0.05, 0.1) is 17.3 Å². The third kappa shape index (κ3) is 5.37. The first kappa shape index (κ1) is 25.7. The molecule has 7 nitrogen and oxygen atoms in total. The number of nitrogens with one attached hydrogen (secondary N) is 1. The summed E-state index contributed by atoms with van der Waals surface area (Å²) >= 11 is 6.91. The molecule has 4 rings (SSSR count). The van der Waals surface area contributed by atoms with E-state index < -0.39 is 17.8 Å². The number of halogens is 2. The number of rotatable bonds is 6. The highest BCUT2D eigenvalue weighted by Gasteiger charge is 2.37. The van der Waals surface area contributed by atoms with Gasteiger partial charge in [0, 0.05) is 4.47 Å². The lowest BCUT2D eigenvalue weighted by molar-refractivity contribution is -0.122. The standard InChI is InChI=1S/C27H22Br2N2O5/c1-15-5-4-6-17(9-15)14-36-24-22(29)12-18(13-23(24)35-3)11-20-25(32)30-27(34)31(26(20)33)19-7-8-21(28)16(2)10-19/h4-13H,14H2,1-3H3,(H,30,32,34)/b20-11+. The van der Waals surface area contributed by atoms with Crippen LogP contribution in [0.25, 0.3) is 6.08 Å². The van der Waals surface area contributed by atoms with Crippen molar-refractivity contribution in [3.63, 3.8) is 0 Å². The van der Waals surface area contributed by atoms with E-state index in [2.05, 4.69) is 37.2 Å². The van der Waals surface area contributed by atoms with Crippen LogP contribution in [-0.2, 0) is 16.2 Å². The second-order valence-electron chi connectivity index (χ2n) is 8.20. The van der Waals surface area contributed by atoms with E-state index in [1.807, 2.05) is 38.1 Å². The van der Waals surface area contributed by atoms with Gasteiger partial charge in [0.1, 0.15) is 12.2 Å². The summed E-state index contributed by atoms with van der Waals surface area (Å²) in [4.78, 5) is 39.3. The number of ether oxygens (including phenoxy) is 2. The largest absolute Gasteiger partial charge is 0.493 e. The molecule has 0 aliphatic carbocycles. The van der Waals surface area contributed by atoms with Gasteiger partial charge in [0.2, 0.25) is 0 Å². The molecule has 1 aliphatic rings. The lowest BCUT2D eigenvalue weighted by Crippen LogP contribution is -2.54. The monoisotopic (exact) mass is 612 g/mol. The smallest absolute Gasteiger partial charge is 0.335 e. The predicted octanol–water partition coefficient (Wildman–Crippen LogP) is 6.08. The van der Waals surface area contributed by atoms with E-state index in [0.717, 1.165) is 26.1 Å². The van der Waals surface area contributed by atoms with Crippen LogP contribution in [0.15, 0.2) is 69.1 Å². The number of carbonyl (C=O) groups excluding carboxylic acids is 3. The first-order valence-electron chi connectivity index (χ1n) is 10.9. The van der Waals surface area contributed by atoms with Crippen molar-refractivity contribution in [3.8, 4) is 11.5 Å². The molecule has 9 heteroatoms. The van der Waals surface area contributed by atoms with Gasteiger partial charge in [-0.1, -0.05) is 45.8 Å². The van der Waals surface area contributed by atoms with E-state index >= 15 is 0 Å². The number of barbiturate groups is 1. The van der Waals surface area contributed by atoms with Crippen molar-refractivity contribution in [2.45, 2.75) is 20.5 Å². The van der Waals surface area contributed by atoms with E-state index in [9.17, 15) is 14.4 Å². The lowest BCUT2D eigenvalue weighted by atomic mass is 10.1. The molecule has 184 valence electrons. The molecule has 0 unspecified atom stereocenters. The van der Waals surface area contributed by atoms with Crippen molar-refractivity contribution in [3.05, 3.63) is 91.4 Å². The maximum Gasteiger partial charge on any atom is 0.335 e. The van der Waals surface area contributed by atoms with Crippen LogP contribution in [0.3, 0.4) is 0 Å². The van der Waals surface area contributed by atoms with Crippen LogP contribution in [0.5, 0.6) is 11.5 Å². The molecule has 1 fully saturated rings. The molecule has 1 heterocycles. The normalized spacial score (nSPS) is 14.8. The first-order valence-corrected chi connectivity index (χ1v) is 12.5. The van der Waals surface area contributed by atoms with Crippen molar-refractivity contribution >= 4 is 61.5 Å². The van der Waals surface area contributed by atoms with Gasteiger partial charge in [-0.05, 0) is 82.9 Å². The first-order chi connectivity index (χ1) is 17.2. The molecular formula is C27H22Br2N2O5. The van der Waals surface area contributed by atoms with Gasteiger partial charge in [0.25, 0.3) is 11.8 Å². The number of amides is 4. The Hall–Kier alpha value is -3.43. The minimum Gasteiger partial charge on any atom is -0.493 e. The number of urea groups is 1. The van der Waals surface area contributed by atoms with Crippen LogP contribution in [0.1, 0.15) is 22.3 Å². The summed E-state index contributed by atoms with van der Waals surface area (Å²) in [7, 11) is 1.51. The van der Waals surface area contributed by atoms with Crippen LogP contribution in [0.2, 0.25) is 0 Å². The summed E-state index contributed by atoms with van der Waals surface area (Å²) in [5.74, 6) is -0.586. The number of anilines is 1. The van der Waals surface area contributed by atoms with Gasteiger partial charge in [-0.2, -0.15) is 0 Å². The van der Waals surface area contributed by atoms with Crippen molar-refractivity contribution in [2.75, 3.05) is 12.0 Å². The van der Waals surface area contributed by atoms with Gasteiger partial charge in [0.15, 0.2) is 11.5 Å². The summed E-state index contributed by atoms with van der Waals surface area (Å²) < 4.78 is 12.9. The highest BCUT2D eigenvalue weighted by Crippen LogP contribution is 2.38. The number of carbonyl (C=O) groups is 3. The Morgan fingerprint density at radius 2 is 1.75 bits per heavy atom. The molecule has 4 amide bonds. The third-order valence-corrected chi connectivity index (χ3v) is 7.01. The average molecular weight is 614 g/mol. The Morgan fingerprint density at radius 1 is 0.972 bits per heavy atom. The van der Waals surface area contributed by atoms with Crippen LogP contribution in [0, 0.1) is 13.8 Å². The Bertz CT molecular complexity index is 1420. The number of hydrogen-bond acceptors (Lipinski definition) is 5. The maximum atomic E-state index is 13.2. The summed E-state index contributed by atoms with van der Waals surface area (Å²) in [6.45, 7) is 4.19. The quantitative estimate of drug-likeness (QED) is 0.269. The fourth-order valence-corrected chi connectivity index (χ4v) is 4.57. The molecule has 1 saturated heterocycles. The number of nitrogens with zero attached hydrogens (tertiary/aromatic N) is 1. The van der Waals surface area contributed by atoms with Gasteiger partial charge < -0.3 is 9.47 Å². The number of methoxy groups -OCH3 is 1. The zero-order valence-electron chi connectivity index (χ0n) is 19.7. The number of benzene rings is 3. The predicted molar refractivity (Wildman–Crippen MR) is 144 cm³/mol. The summed E-state index contributed by atoms with van der Waals surface area (Å²) in [6, 6.07) is 15.6. The van der Waals surface area contributed by atoms with Crippen LogP contribution < -0.4 is 19.7 Å². The second kappa shape index (κ2) is 10.7. The summed E-state index contributed by atoms with van der Waals surface area (Å²) in [5.41, 5.74) is 3.66. The Labute approximate surface area is 225 Å². The zero-order chi connectivity index (χ0) is 26.0. The van der Waals surface area contributed by atoms with E-state index in [4.69, 9.17) is 9.47 Å². The van der Waals surface area contributed by atoms with Gasteiger partial charge in [-0.25, -0.2) is 9.69 Å². The molecule has 3 aromatic carbocycles. The van der Waals surface area contributed by atoms with Crippen LogP contribution in [0.4, 0.5) is 10.5 Å². The average Bonchev–Trinajstić information content (AvgIpc) is 2.83. The zero-order valence-corrected chi connectivity index (χ0v) is 22.9. The molecule has 3 aromatic rings. The Balaban J connectivity index is 1.65. The molecule has 0 bridgehead atoms. The van der Waals surface area contributed by atoms with Crippen molar-refractivity contribution in [1.82, 2.24) is 5.32 Å². The lowest BCUT2D eigenvalue weighted by Gasteiger charge is -2.26. The van der Waals surface area contributed by atoms with E-state index in [1.165, 1.54) is 13.2 Å². The molecule has 0 radical (unpaired) electrons. The number of imide groups is 2. The van der Waals surface area contributed by atoms with Gasteiger partial charge >= 0.3 is 6.03 Å². The molecule has 1 aliphatic heterocycles. The van der Waals surface area contributed by atoms with Crippen LogP contribution >= 0.6 is 31.9 Å².